The van der Waals surface area contributed by atoms with Crippen molar-refractivity contribution in [3.8, 4) is 5.75 Å². The summed E-state index contributed by atoms with van der Waals surface area (Å²) in [6.45, 7) is 1.17. The zero-order valence-electron chi connectivity index (χ0n) is 18.9. The fourth-order valence-electron chi connectivity index (χ4n) is 5.57. The van der Waals surface area contributed by atoms with Gasteiger partial charge in [0, 0.05) is 29.6 Å². The van der Waals surface area contributed by atoms with E-state index in [1.165, 1.54) is 12.1 Å². The van der Waals surface area contributed by atoms with E-state index < -0.39 is 5.82 Å². The third-order valence-electron chi connectivity index (χ3n) is 7.43. The molecular formula is C24H30ClFN4O4. The lowest BCUT2D eigenvalue weighted by Crippen LogP contribution is -2.84. The number of amides is 3. The number of hydrogen-bond acceptors (Lipinski definition) is 5. The molecule has 1 saturated heterocycles. The summed E-state index contributed by atoms with van der Waals surface area (Å²) in [5.41, 5.74) is -0.548. The number of ether oxygens (including phenoxy) is 1. The van der Waals surface area contributed by atoms with Crippen LogP contribution in [0.1, 0.15) is 44.9 Å². The first kappa shape index (κ1) is 23.4. The van der Waals surface area contributed by atoms with E-state index in [9.17, 15) is 18.8 Å². The van der Waals surface area contributed by atoms with Crippen molar-refractivity contribution in [1.29, 1.82) is 0 Å². The molecule has 4 aliphatic carbocycles. The predicted octanol–water partition coefficient (Wildman–Crippen LogP) is 1.66. The molecule has 1 aromatic carbocycles. The number of carbonyl (C=O) groups excluding carboxylic acids is 3. The van der Waals surface area contributed by atoms with Gasteiger partial charge in [0.2, 0.25) is 11.8 Å². The van der Waals surface area contributed by atoms with Crippen molar-refractivity contribution in [2.75, 3.05) is 19.7 Å². The van der Waals surface area contributed by atoms with E-state index >= 15 is 0 Å². The lowest BCUT2D eigenvalue weighted by Gasteiger charge is -2.70. The zero-order valence-corrected chi connectivity index (χ0v) is 19.7. The Labute approximate surface area is 202 Å². The number of benzene rings is 1. The number of carbonyl (C=O) groups is 3. The van der Waals surface area contributed by atoms with Crippen LogP contribution in [0.15, 0.2) is 18.2 Å². The average Bonchev–Trinajstić information content (AvgIpc) is 3.61. The summed E-state index contributed by atoms with van der Waals surface area (Å²) < 4.78 is 18.8. The molecule has 0 radical (unpaired) electrons. The van der Waals surface area contributed by atoms with Crippen LogP contribution in [0.5, 0.6) is 5.75 Å². The Morgan fingerprint density at radius 2 is 1.82 bits per heavy atom. The van der Waals surface area contributed by atoms with E-state index in [0.29, 0.717) is 38.1 Å². The highest BCUT2D eigenvalue weighted by molar-refractivity contribution is 6.30. The summed E-state index contributed by atoms with van der Waals surface area (Å²) >= 11 is 5.65. The molecule has 1 aliphatic heterocycles. The molecule has 2 bridgehead atoms. The highest BCUT2D eigenvalue weighted by atomic mass is 35.5. The molecule has 2 unspecified atom stereocenters. The maximum Gasteiger partial charge on any atom is 0.258 e. The molecule has 4 N–H and O–H groups in total. The van der Waals surface area contributed by atoms with Crippen molar-refractivity contribution in [1.82, 2.24) is 21.3 Å². The van der Waals surface area contributed by atoms with Crippen molar-refractivity contribution >= 4 is 29.3 Å². The van der Waals surface area contributed by atoms with Crippen molar-refractivity contribution in [3.05, 3.63) is 29.0 Å². The molecule has 10 heteroatoms. The normalized spacial score (nSPS) is 31.5. The largest absolute Gasteiger partial charge is 0.484 e. The van der Waals surface area contributed by atoms with Crippen LogP contribution < -0.4 is 26.0 Å². The number of nitrogens with one attached hydrogen (secondary N) is 4. The number of rotatable bonds is 9. The fourth-order valence-corrected chi connectivity index (χ4v) is 5.68. The second-order valence-corrected chi connectivity index (χ2v) is 10.8. The molecule has 1 aromatic rings. The minimum Gasteiger partial charge on any atom is -0.484 e. The minimum atomic E-state index is -0.599. The zero-order chi connectivity index (χ0) is 23.9. The third kappa shape index (κ3) is 5.00. The number of hydrogen-bond donors (Lipinski definition) is 4. The minimum absolute atomic E-state index is 0.00250. The highest BCUT2D eigenvalue weighted by Crippen LogP contribution is 2.60. The lowest BCUT2D eigenvalue weighted by molar-refractivity contribution is -0.151. The molecule has 34 heavy (non-hydrogen) atoms. The molecule has 184 valence electrons. The number of piperidine rings is 1. The van der Waals surface area contributed by atoms with Crippen LogP contribution in [0, 0.1) is 17.7 Å². The number of halogens is 2. The SMILES string of the molecule is O=C(COc1ccc(Cl)c(F)c1)NC12CC(NC(=O)C3CC(CNC(=O)C4CC4)CCN3)(C1)C2. The topological polar surface area (TPSA) is 109 Å². The maximum atomic E-state index is 13.5. The van der Waals surface area contributed by atoms with E-state index in [2.05, 4.69) is 21.3 Å². The van der Waals surface area contributed by atoms with Gasteiger partial charge in [0.25, 0.3) is 5.91 Å². The van der Waals surface area contributed by atoms with Crippen LogP contribution in [0.3, 0.4) is 0 Å². The summed E-state index contributed by atoms with van der Waals surface area (Å²) in [4.78, 5) is 37.0. The second kappa shape index (κ2) is 9.00. The Hall–Kier alpha value is -2.39. The molecule has 0 aromatic heterocycles. The van der Waals surface area contributed by atoms with Gasteiger partial charge in [0.1, 0.15) is 11.6 Å². The van der Waals surface area contributed by atoms with Crippen LogP contribution >= 0.6 is 11.6 Å². The van der Waals surface area contributed by atoms with Gasteiger partial charge in [-0.05, 0) is 69.5 Å². The highest BCUT2D eigenvalue weighted by Gasteiger charge is 2.69. The smallest absolute Gasteiger partial charge is 0.258 e. The molecule has 4 saturated carbocycles. The van der Waals surface area contributed by atoms with Gasteiger partial charge >= 0.3 is 0 Å². The van der Waals surface area contributed by atoms with Crippen molar-refractivity contribution in [3.63, 3.8) is 0 Å². The van der Waals surface area contributed by atoms with Crippen LogP contribution in [-0.2, 0) is 14.4 Å². The molecule has 1 heterocycles. The Kier molecular flexibility index (Phi) is 6.18. The first-order valence-corrected chi connectivity index (χ1v) is 12.3. The second-order valence-electron chi connectivity index (χ2n) is 10.4. The molecule has 8 nitrogen and oxygen atoms in total. The first-order chi connectivity index (χ1) is 16.2. The molecule has 3 amide bonds. The van der Waals surface area contributed by atoms with E-state index in [-0.39, 0.29) is 58.1 Å². The van der Waals surface area contributed by atoms with Gasteiger partial charge in [-0.15, -0.1) is 0 Å². The van der Waals surface area contributed by atoms with Crippen LogP contribution in [0.25, 0.3) is 0 Å². The van der Waals surface area contributed by atoms with Crippen LogP contribution in [-0.4, -0.2) is 54.5 Å². The van der Waals surface area contributed by atoms with E-state index in [1.54, 1.807) is 0 Å². The molecule has 6 rings (SSSR count). The first-order valence-electron chi connectivity index (χ1n) is 12.0. The quantitative estimate of drug-likeness (QED) is 0.419. The molecular weight excluding hydrogens is 463 g/mol. The summed E-state index contributed by atoms with van der Waals surface area (Å²) in [6.07, 6.45) is 5.71. The van der Waals surface area contributed by atoms with Gasteiger partial charge in [0.15, 0.2) is 6.61 Å². The molecule has 0 spiro atoms. The molecule has 2 atom stereocenters. The third-order valence-corrected chi connectivity index (χ3v) is 7.73. The van der Waals surface area contributed by atoms with Crippen molar-refractivity contribution in [2.24, 2.45) is 11.8 Å². The van der Waals surface area contributed by atoms with Gasteiger partial charge in [-0.2, -0.15) is 0 Å². The van der Waals surface area contributed by atoms with Crippen molar-refractivity contribution in [2.45, 2.75) is 62.1 Å². The van der Waals surface area contributed by atoms with Gasteiger partial charge < -0.3 is 26.0 Å². The van der Waals surface area contributed by atoms with Gasteiger partial charge in [-0.1, -0.05) is 11.6 Å². The summed E-state index contributed by atoms with van der Waals surface area (Å²) in [6, 6.07) is 3.77. The molecule has 5 fully saturated rings. The molecule has 5 aliphatic rings. The fraction of sp³-hybridized carbons (Fsp3) is 0.625. The van der Waals surface area contributed by atoms with Crippen LogP contribution in [0.4, 0.5) is 4.39 Å². The predicted molar refractivity (Wildman–Crippen MR) is 123 cm³/mol. The Bertz CT molecular complexity index is 981. The maximum absolute atomic E-state index is 13.5. The Morgan fingerprint density at radius 1 is 1.09 bits per heavy atom. The average molecular weight is 493 g/mol. The van der Waals surface area contributed by atoms with Gasteiger partial charge in [0.05, 0.1) is 11.1 Å². The van der Waals surface area contributed by atoms with Gasteiger partial charge in [-0.3, -0.25) is 14.4 Å². The summed E-state index contributed by atoms with van der Waals surface area (Å²) in [5, 5.41) is 12.5. The Balaban J connectivity index is 1.02. The Morgan fingerprint density at radius 3 is 2.53 bits per heavy atom. The monoisotopic (exact) mass is 492 g/mol. The van der Waals surface area contributed by atoms with Crippen LogP contribution in [0.2, 0.25) is 5.02 Å². The van der Waals surface area contributed by atoms with E-state index in [0.717, 1.165) is 31.9 Å². The standard InChI is InChI=1S/C24H30ClFN4O4/c25-17-4-3-16(8-18(17)26)34-10-20(31)29-23-11-24(12-23,13-23)30-22(33)19-7-14(5-6-27-19)9-28-21(32)15-1-2-15/h3-4,8,14-15,19,27H,1-2,5-7,9-13H2,(H,28,32)(H,29,31)(H,30,33). The lowest BCUT2D eigenvalue weighted by atomic mass is 9.44. The van der Waals surface area contributed by atoms with Crippen molar-refractivity contribution < 1.29 is 23.5 Å². The summed E-state index contributed by atoms with van der Waals surface area (Å²) in [7, 11) is 0. The summed E-state index contributed by atoms with van der Waals surface area (Å²) in [5.74, 6) is -0.00273. The van der Waals surface area contributed by atoms with E-state index in [4.69, 9.17) is 16.3 Å². The van der Waals surface area contributed by atoms with Gasteiger partial charge in [-0.25, -0.2) is 4.39 Å². The van der Waals surface area contributed by atoms with E-state index in [1.807, 2.05) is 0 Å².